The molecule has 0 aromatic carbocycles. The summed E-state index contributed by atoms with van der Waals surface area (Å²) in [7, 11) is 0. The molecular formula is C19H35N5O5. The highest BCUT2D eigenvalue weighted by atomic mass is 16.4. The van der Waals surface area contributed by atoms with Crippen LogP contribution in [0.5, 0.6) is 0 Å². The zero-order valence-corrected chi connectivity index (χ0v) is 17.4. The Kier molecular flexibility index (Phi) is 10.6. The summed E-state index contributed by atoms with van der Waals surface area (Å²) in [5.74, 6) is -2.64. The third kappa shape index (κ3) is 7.62. The minimum atomic E-state index is -1.12. The minimum absolute atomic E-state index is 0.240. The number of nitrogens with zero attached hydrogens (tertiary/aromatic N) is 1. The molecule has 10 nitrogen and oxygen atoms in total. The van der Waals surface area contributed by atoms with Crippen LogP contribution in [0.2, 0.25) is 0 Å². The summed E-state index contributed by atoms with van der Waals surface area (Å²) in [4.78, 5) is 49.9. The Morgan fingerprint density at radius 3 is 2.52 bits per heavy atom. The van der Waals surface area contributed by atoms with Crippen molar-refractivity contribution in [2.24, 2.45) is 17.4 Å². The number of aliphatic carboxylic acids is 1. The van der Waals surface area contributed by atoms with Gasteiger partial charge in [-0.15, -0.1) is 0 Å². The predicted octanol–water partition coefficient (Wildman–Crippen LogP) is -0.835. The Morgan fingerprint density at radius 2 is 1.93 bits per heavy atom. The molecular weight excluding hydrogens is 378 g/mol. The molecule has 0 spiro atoms. The number of nitrogens with two attached hydrogens (primary N) is 2. The van der Waals surface area contributed by atoms with Crippen LogP contribution in [0.4, 0.5) is 0 Å². The smallest absolute Gasteiger partial charge is 0.326 e. The molecule has 1 fully saturated rings. The van der Waals surface area contributed by atoms with Crippen LogP contribution in [0.3, 0.4) is 0 Å². The molecule has 0 aliphatic carbocycles. The molecule has 29 heavy (non-hydrogen) atoms. The molecule has 4 unspecified atom stereocenters. The van der Waals surface area contributed by atoms with E-state index in [9.17, 15) is 24.3 Å². The van der Waals surface area contributed by atoms with Gasteiger partial charge in [0.1, 0.15) is 12.1 Å². The van der Waals surface area contributed by atoms with Gasteiger partial charge in [-0.3, -0.25) is 14.4 Å². The van der Waals surface area contributed by atoms with Crippen LogP contribution in [0, 0.1) is 5.92 Å². The second-order valence-electron chi connectivity index (χ2n) is 7.57. The number of hydrogen-bond donors (Lipinski definition) is 5. The lowest BCUT2D eigenvalue weighted by Gasteiger charge is -2.27. The van der Waals surface area contributed by atoms with Crippen LogP contribution in [0.1, 0.15) is 52.4 Å². The quantitative estimate of drug-likeness (QED) is 0.260. The largest absolute Gasteiger partial charge is 0.480 e. The first kappa shape index (κ1) is 24.8. The molecule has 4 atom stereocenters. The molecule has 1 saturated heterocycles. The second kappa shape index (κ2) is 12.4. The van der Waals surface area contributed by atoms with Crippen LogP contribution >= 0.6 is 0 Å². The van der Waals surface area contributed by atoms with E-state index in [2.05, 4.69) is 10.6 Å². The van der Waals surface area contributed by atoms with E-state index >= 15 is 0 Å². The van der Waals surface area contributed by atoms with E-state index in [1.807, 2.05) is 6.92 Å². The van der Waals surface area contributed by atoms with Crippen LogP contribution in [-0.4, -0.2) is 71.5 Å². The monoisotopic (exact) mass is 413 g/mol. The van der Waals surface area contributed by atoms with Crippen molar-refractivity contribution in [1.29, 1.82) is 0 Å². The van der Waals surface area contributed by atoms with Gasteiger partial charge in [-0.2, -0.15) is 0 Å². The Hall–Kier alpha value is -2.20. The van der Waals surface area contributed by atoms with Crippen molar-refractivity contribution in [1.82, 2.24) is 15.5 Å². The van der Waals surface area contributed by atoms with Crippen LogP contribution in [0.15, 0.2) is 0 Å². The Labute approximate surface area is 171 Å². The van der Waals surface area contributed by atoms with Gasteiger partial charge in [0.15, 0.2) is 0 Å². The van der Waals surface area contributed by atoms with E-state index in [0.717, 1.165) is 12.8 Å². The number of carboxylic acids is 1. The molecule has 10 heteroatoms. The molecule has 0 bridgehead atoms. The first-order valence-corrected chi connectivity index (χ1v) is 10.3. The average molecular weight is 414 g/mol. The minimum Gasteiger partial charge on any atom is -0.480 e. The zero-order chi connectivity index (χ0) is 22.0. The maximum atomic E-state index is 12.6. The van der Waals surface area contributed by atoms with Gasteiger partial charge in [0, 0.05) is 6.54 Å². The SMILES string of the molecule is CCC(C)C(NC(=O)CNC(=O)C1CCCN1C(=O)C(N)CCCCN)C(=O)O. The first-order valence-electron chi connectivity index (χ1n) is 10.3. The topological polar surface area (TPSA) is 168 Å². The molecule has 1 rings (SSSR count). The van der Waals surface area contributed by atoms with Gasteiger partial charge in [0.25, 0.3) is 0 Å². The van der Waals surface area contributed by atoms with E-state index < -0.39 is 35.9 Å². The first-order chi connectivity index (χ1) is 13.7. The van der Waals surface area contributed by atoms with Gasteiger partial charge in [0.2, 0.25) is 17.7 Å². The Balaban J connectivity index is 2.56. The van der Waals surface area contributed by atoms with Gasteiger partial charge in [-0.05, 0) is 38.1 Å². The van der Waals surface area contributed by atoms with Crippen LogP contribution in [-0.2, 0) is 19.2 Å². The lowest BCUT2D eigenvalue weighted by Crippen LogP contribution is -2.53. The van der Waals surface area contributed by atoms with Gasteiger partial charge >= 0.3 is 5.97 Å². The van der Waals surface area contributed by atoms with Crippen molar-refractivity contribution in [3.8, 4) is 0 Å². The predicted molar refractivity (Wildman–Crippen MR) is 108 cm³/mol. The van der Waals surface area contributed by atoms with E-state index in [4.69, 9.17) is 11.5 Å². The summed E-state index contributed by atoms with van der Waals surface area (Å²) in [5.41, 5.74) is 11.4. The maximum Gasteiger partial charge on any atom is 0.326 e. The average Bonchev–Trinajstić information content (AvgIpc) is 3.18. The summed E-state index contributed by atoms with van der Waals surface area (Å²) in [5, 5.41) is 14.2. The van der Waals surface area contributed by atoms with Crippen LogP contribution < -0.4 is 22.1 Å². The number of nitrogens with one attached hydrogen (secondary N) is 2. The third-order valence-electron chi connectivity index (χ3n) is 5.34. The number of likely N-dealkylation sites (tertiary alicyclic amines) is 1. The Bertz CT molecular complexity index is 585. The molecule has 3 amide bonds. The van der Waals surface area contributed by atoms with Crippen LogP contribution in [0.25, 0.3) is 0 Å². The van der Waals surface area contributed by atoms with E-state index in [1.54, 1.807) is 6.92 Å². The van der Waals surface area contributed by atoms with Gasteiger partial charge in [-0.1, -0.05) is 26.7 Å². The lowest BCUT2D eigenvalue weighted by molar-refractivity contribution is -0.143. The van der Waals surface area contributed by atoms with Crippen molar-refractivity contribution in [3.63, 3.8) is 0 Å². The molecule has 0 saturated carbocycles. The van der Waals surface area contributed by atoms with Crippen molar-refractivity contribution >= 4 is 23.7 Å². The number of amides is 3. The fourth-order valence-corrected chi connectivity index (χ4v) is 3.34. The molecule has 1 aliphatic heterocycles. The molecule has 7 N–H and O–H groups in total. The molecule has 1 aliphatic rings. The highest BCUT2D eigenvalue weighted by Crippen LogP contribution is 2.19. The fraction of sp³-hybridized carbons (Fsp3) is 0.789. The molecule has 1 heterocycles. The summed E-state index contributed by atoms with van der Waals surface area (Å²) >= 11 is 0. The highest BCUT2D eigenvalue weighted by molar-refractivity contribution is 5.93. The second-order valence-corrected chi connectivity index (χ2v) is 7.57. The standard InChI is InChI=1S/C19H35N5O5/c1-3-12(2)16(19(28)29)23-15(25)11-22-17(26)14-8-6-10-24(14)18(27)13(21)7-4-5-9-20/h12-14,16H,3-11,20-21H2,1-2H3,(H,22,26)(H,23,25)(H,28,29). The normalized spacial score (nSPS) is 19.3. The van der Waals surface area contributed by atoms with Crippen molar-refractivity contribution < 1.29 is 24.3 Å². The van der Waals surface area contributed by atoms with Gasteiger partial charge < -0.3 is 32.1 Å². The number of carbonyl (C=O) groups excluding carboxylic acids is 3. The van der Waals surface area contributed by atoms with E-state index in [1.165, 1.54) is 4.90 Å². The fourth-order valence-electron chi connectivity index (χ4n) is 3.34. The van der Waals surface area contributed by atoms with Crippen molar-refractivity contribution in [2.45, 2.75) is 70.5 Å². The molecule has 166 valence electrons. The molecule has 0 radical (unpaired) electrons. The summed E-state index contributed by atoms with van der Waals surface area (Å²) in [6.07, 6.45) is 3.81. The highest BCUT2D eigenvalue weighted by Gasteiger charge is 2.36. The number of carboxylic acid groups (broad SMARTS) is 1. The van der Waals surface area contributed by atoms with E-state index in [0.29, 0.717) is 38.8 Å². The number of unbranched alkanes of at least 4 members (excludes halogenated alkanes) is 1. The van der Waals surface area contributed by atoms with Crippen molar-refractivity contribution in [2.75, 3.05) is 19.6 Å². The van der Waals surface area contributed by atoms with Gasteiger partial charge in [-0.25, -0.2) is 4.79 Å². The third-order valence-corrected chi connectivity index (χ3v) is 5.34. The van der Waals surface area contributed by atoms with E-state index in [-0.39, 0.29) is 18.4 Å². The van der Waals surface area contributed by atoms with Crippen molar-refractivity contribution in [3.05, 3.63) is 0 Å². The van der Waals surface area contributed by atoms with Gasteiger partial charge in [0.05, 0.1) is 12.6 Å². The lowest BCUT2D eigenvalue weighted by atomic mass is 9.99. The zero-order valence-electron chi connectivity index (χ0n) is 17.4. The molecule has 0 aromatic rings. The summed E-state index contributed by atoms with van der Waals surface area (Å²) in [6.45, 7) is 4.21. The molecule has 0 aromatic heterocycles. The number of hydrogen-bond acceptors (Lipinski definition) is 6. The number of carbonyl (C=O) groups is 4. The summed E-state index contributed by atoms with van der Waals surface area (Å²) in [6, 6.07) is -2.36. The number of rotatable bonds is 12. The summed E-state index contributed by atoms with van der Waals surface area (Å²) < 4.78 is 0. The Morgan fingerprint density at radius 1 is 1.24 bits per heavy atom. The maximum absolute atomic E-state index is 12.6.